The van der Waals surface area contributed by atoms with Crippen LogP contribution in [-0.2, 0) is 4.79 Å². The van der Waals surface area contributed by atoms with E-state index in [4.69, 9.17) is 10.5 Å². The Hall–Kier alpha value is -3.42. The fourth-order valence-corrected chi connectivity index (χ4v) is 2.99. The summed E-state index contributed by atoms with van der Waals surface area (Å²) in [7, 11) is 0. The van der Waals surface area contributed by atoms with Crippen LogP contribution in [0.25, 0.3) is 5.52 Å². The summed E-state index contributed by atoms with van der Waals surface area (Å²) < 4.78 is 21.6. The van der Waals surface area contributed by atoms with Gasteiger partial charge in [-0.1, -0.05) is 0 Å². The van der Waals surface area contributed by atoms with Crippen LogP contribution < -0.4 is 15.4 Å². The maximum absolute atomic E-state index is 14.3. The molecule has 0 atom stereocenters. The first kappa shape index (κ1) is 16.1. The zero-order chi connectivity index (χ0) is 18.3. The number of nitrogens with two attached hydrogens (primary N) is 1. The van der Waals surface area contributed by atoms with E-state index in [0.717, 1.165) is 12.5 Å². The largest absolute Gasteiger partial charge is 0.452 e. The number of hydrogen-bond donors (Lipinski definition) is 1. The van der Waals surface area contributed by atoms with Crippen molar-refractivity contribution in [2.75, 3.05) is 11.4 Å². The average Bonchev–Trinajstić information content (AvgIpc) is 3.24. The highest BCUT2D eigenvalue weighted by Crippen LogP contribution is 2.33. The van der Waals surface area contributed by atoms with Gasteiger partial charge >= 0.3 is 0 Å². The van der Waals surface area contributed by atoms with Crippen molar-refractivity contribution in [1.82, 2.24) is 9.61 Å². The highest BCUT2D eigenvalue weighted by molar-refractivity contribution is 5.95. The SMILES string of the molecule is NC(=O)c1ccc(Oc2cc(N3CCCC3=O)cn3nccc23)c(F)c1. The maximum atomic E-state index is 14.3. The van der Waals surface area contributed by atoms with E-state index in [1.807, 2.05) is 0 Å². The van der Waals surface area contributed by atoms with Crippen LogP contribution in [0.2, 0.25) is 0 Å². The molecule has 132 valence electrons. The lowest BCUT2D eigenvalue weighted by molar-refractivity contribution is -0.117. The molecule has 0 radical (unpaired) electrons. The molecule has 8 heteroatoms. The number of halogens is 1. The molecule has 1 fully saturated rings. The number of fused-ring (bicyclic) bond motifs is 1. The van der Waals surface area contributed by atoms with Crippen LogP contribution in [-0.4, -0.2) is 28.0 Å². The van der Waals surface area contributed by atoms with Gasteiger partial charge in [-0.05, 0) is 30.7 Å². The zero-order valence-electron chi connectivity index (χ0n) is 13.7. The van der Waals surface area contributed by atoms with Gasteiger partial charge < -0.3 is 15.4 Å². The Balaban J connectivity index is 1.75. The van der Waals surface area contributed by atoms with E-state index >= 15 is 0 Å². The second-order valence-corrected chi connectivity index (χ2v) is 5.98. The third kappa shape index (κ3) is 2.75. The summed E-state index contributed by atoms with van der Waals surface area (Å²) in [4.78, 5) is 24.8. The minimum absolute atomic E-state index is 0.0273. The Morgan fingerprint density at radius 2 is 2.08 bits per heavy atom. The molecule has 3 aromatic rings. The molecule has 1 aromatic carbocycles. The molecule has 2 N–H and O–H groups in total. The molecule has 7 nitrogen and oxygen atoms in total. The van der Waals surface area contributed by atoms with E-state index in [9.17, 15) is 14.0 Å². The predicted molar refractivity (Wildman–Crippen MR) is 91.8 cm³/mol. The van der Waals surface area contributed by atoms with Crippen molar-refractivity contribution < 1.29 is 18.7 Å². The fraction of sp³-hybridized carbons (Fsp3) is 0.167. The molecule has 26 heavy (non-hydrogen) atoms. The van der Waals surface area contributed by atoms with Gasteiger partial charge in [0.15, 0.2) is 17.3 Å². The predicted octanol–water partition coefficient (Wildman–Crippen LogP) is 2.49. The first-order valence-corrected chi connectivity index (χ1v) is 8.08. The Kier molecular flexibility index (Phi) is 3.80. The molecule has 3 heterocycles. The Labute approximate surface area is 147 Å². The fourth-order valence-electron chi connectivity index (χ4n) is 2.99. The number of carbonyl (C=O) groups excluding carboxylic acids is 2. The molecule has 0 aliphatic carbocycles. The lowest BCUT2D eigenvalue weighted by atomic mass is 10.2. The molecule has 2 aromatic heterocycles. The van der Waals surface area contributed by atoms with Crippen LogP contribution >= 0.6 is 0 Å². The lowest BCUT2D eigenvalue weighted by Gasteiger charge is -2.18. The summed E-state index contributed by atoms with van der Waals surface area (Å²) >= 11 is 0. The van der Waals surface area contributed by atoms with E-state index in [-0.39, 0.29) is 17.2 Å². The first-order valence-electron chi connectivity index (χ1n) is 8.08. The van der Waals surface area contributed by atoms with Crippen molar-refractivity contribution in [3.8, 4) is 11.5 Å². The smallest absolute Gasteiger partial charge is 0.248 e. The van der Waals surface area contributed by atoms with Crippen molar-refractivity contribution in [3.63, 3.8) is 0 Å². The molecule has 0 unspecified atom stereocenters. The van der Waals surface area contributed by atoms with Crippen LogP contribution in [0.5, 0.6) is 11.5 Å². The summed E-state index contributed by atoms with van der Waals surface area (Å²) in [6.45, 7) is 0.618. The number of benzene rings is 1. The minimum Gasteiger partial charge on any atom is -0.452 e. The third-order valence-electron chi connectivity index (χ3n) is 4.28. The normalized spacial score (nSPS) is 14.2. The van der Waals surface area contributed by atoms with Gasteiger partial charge in [0.2, 0.25) is 11.8 Å². The summed E-state index contributed by atoms with van der Waals surface area (Å²) in [6, 6.07) is 7.17. The van der Waals surface area contributed by atoms with E-state index in [2.05, 4.69) is 5.10 Å². The van der Waals surface area contributed by atoms with Crippen LogP contribution in [0, 0.1) is 5.82 Å². The second-order valence-electron chi connectivity index (χ2n) is 5.98. The topological polar surface area (TPSA) is 89.9 Å². The van der Waals surface area contributed by atoms with Crippen LogP contribution in [0.1, 0.15) is 23.2 Å². The van der Waals surface area contributed by atoms with E-state index in [0.29, 0.717) is 29.9 Å². The summed E-state index contributed by atoms with van der Waals surface area (Å²) in [5, 5.41) is 4.18. The highest BCUT2D eigenvalue weighted by atomic mass is 19.1. The molecule has 0 saturated carbocycles. The number of rotatable bonds is 4. The van der Waals surface area contributed by atoms with Crippen LogP contribution in [0.15, 0.2) is 42.7 Å². The van der Waals surface area contributed by atoms with E-state index in [1.165, 1.54) is 12.1 Å². The average molecular weight is 354 g/mol. The molecule has 4 rings (SSSR count). The lowest BCUT2D eigenvalue weighted by Crippen LogP contribution is -2.24. The number of nitrogens with zero attached hydrogens (tertiary/aromatic N) is 3. The summed E-state index contributed by atoms with van der Waals surface area (Å²) in [5.41, 5.74) is 6.47. The molecule has 0 bridgehead atoms. The van der Waals surface area contributed by atoms with Gasteiger partial charge in [-0.25, -0.2) is 8.91 Å². The summed E-state index contributed by atoms with van der Waals surface area (Å²) in [5.74, 6) is -1.10. The Bertz CT molecular complexity index is 1030. The van der Waals surface area contributed by atoms with Gasteiger partial charge in [-0.15, -0.1) is 0 Å². The second kappa shape index (κ2) is 6.14. The number of hydrogen-bond acceptors (Lipinski definition) is 4. The van der Waals surface area contributed by atoms with Gasteiger partial charge in [0.25, 0.3) is 0 Å². The number of pyridine rings is 1. The van der Waals surface area contributed by atoms with Gasteiger partial charge in [0.05, 0.1) is 18.1 Å². The number of carbonyl (C=O) groups is 2. The number of anilines is 1. The number of amides is 2. The maximum Gasteiger partial charge on any atom is 0.248 e. The molecular formula is C18H15FN4O3. The minimum atomic E-state index is -0.719. The monoisotopic (exact) mass is 354 g/mol. The van der Waals surface area contributed by atoms with Gasteiger partial charge in [0, 0.05) is 24.6 Å². The Morgan fingerprint density at radius 3 is 2.77 bits per heavy atom. The quantitative estimate of drug-likeness (QED) is 0.779. The van der Waals surface area contributed by atoms with Crippen molar-refractivity contribution in [1.29, 1.82) is 0 Å². The van der Waals surface area contributed by atoms with Crippen LogP contribution in [0.4, 0.5) is 10.1 Å². The van der Waals surface area contributed by atoms with Crippen molar-refractivity contribution >= 4 is 23.0 Å². The zero-order valence-corrected chi connectivity index (χ0v) is 13.7. The van der Waals surface area contributed by atoms with E-state index < -0.39 is 11.7 Å². The molecule has 2 amide bonds. The molecule has 1 aliphatic heterocycles. The standard InChI is InChI=1S/C18H15FN4O3/c19-13-8-11(18(20)25)3-4-15(13)26-16-9-12(22-7-1-2-17(22)24)10-23-14(16)5-6-21-23/h3-6,8-10H,1-2,7H2,(H2,20,25). The van der Waals surface area contributed by atoms with Gasteiger partial charge in [-0.2, -0.15) is 5.10 Å². The van der Waals surface area contributed by atoms with Crippen molar-refractivity contribution in [2.24, 2.45) is 5.73 Å². The highest BCUT2D eigenvalue weighted by Gasteiger charge is 2.23. The van der Waals surface area contributed by atoms with Crippen molar-refractivity contribution in [2.45, 2.75) is 12.8 Å². The van der Waals surface area contributed by atoms with Crippen LogP contribution in [0.3, 0.4) is 0 Å². The third-order valence-corrected chi connectivity index (χ3v) is 4.28. The number of ether oxygens (including phenoxy) is 1. The molecular weight excluding hydrogens is 339 g/mol. The van der Waals surface area contributed by atoms with Crippen molar-refractivity contribution in [3.05, 3.63) is 54.1 Å². The van der Waals surface area contributed by atoms with Gasteiger partial charge in [0.1, 0.15) is 5.52 Å². The first-order chi connectivity index (χ1) is 12.5. The van der Waals surface area contributed by atoms with Gasteiger partial charge in [-0.3, -0.25) is 9.59 Å². The van der Waals surface area contributed by atoms with E-state index in [1.54, 1.807) is 33.9 Å². The number of aromatic nitrogens is 2. The number of primary amides is 1. The summed E-state index contributed by atoms with van der Waals surface area (Å²) in [6.07, 6.45) is 4.61. The molecule has 1 saturated heterocycles. The molecule has 1 aliphatic rings. The Morgan fingerprint density at radius 1 is 1.23 bits per heavy atom. The molecule has 0 spiro atoms.